The Morgan fingerprint density at radius 2 is 1.96 bits per heavy atom. The molecule has 0 spiro atoms. The summed E-state index contributed by atoms with van der Waals surface area (Å²) >= 11 is 1.21. The van der Waals surface area contributed by atoms with E-state index >= 15 is 0 Å². The van der Waals surface area contributed by atoms with Crippen LogP contribution in [-0.2, 0) is 0 Å². The van der Waals surface area contributed by atoms with Gasteiger partial charge in [0.15, 0.2) is 5.78 Å². The Hall–Kier alpha value is -2.74. The normalized spacial score (nSPS) is 10.6. The molecule has 0 aliphatic carbocycles. The maximum Gasteiger partial charge on any atom is 0.214 e. The number of ketones is 1. The van der Waals surface area contributed by atoms with Crippen molar-refractivity contribution in [3.8, 4) is 11.4 Å². The van der Waals surface area contributed by atoms with Gasteiger partial charge in [0.05, 0.1) is 12.4 Å². The molecule has 128 valence electrons. The van der Waals surface area contributed by atoms with Gasteiger partial charge in [0.2, 0.25) is 5.16 Å². The predicted octanol–water partition coefficient (Wildman–Crippen LogP) is 3.18. The van der Waals surface area contributed by atoms with Crippen molar-refractivity contribution >= 4 is 17.5 Å². The molecule has 0 saturated carbocycles. The van der Waals surface area contributed by atoms with Gasteiger partial charge in [0.1, 0.15) is 17.3 Å². The number of hydrogen-bond donors (Lipinski definition) is 0. The molecule has 1 heterocycles. The summed E-state index contributed by atoms with van der Waals surface area (Å²) in [4.78, 5) is 12.2. The maximum atomic E-state index is 12.9. The first-order valence-electron chi connectivity index (χ1n) is 7.61. The highest BCUT2D eigenvalue weighted by Crippen LogP contribution is 2.26. The minimum atomic E-state index is -0.374. The van der Waals surface area contributed by atoms with Crippen LogP contribution in [0.5, 0.6) is 5.75 Å². The van der Waals surface area contributed by atoms with Crippen molar-refractivity contribution in [1.29, 1.82) is 0 Å². The van der Waals surface area contributed by atoms with Gasteiger partial charge in [-0.2, -0.15) is 4.68 Å². The average Bonchev–Trinajstić information content (AvgIpc) is 3.09. The monoisotopic (exact) mass is 358 g/mol. The zero-order chi connectivity index (χ0) is 17.6. The van der Waals surface area contributed by atoms with Crippen LogP contribution >= 0.6 is 11.8 Å². The number of carbonyl (C=O) groups is 1. The summed E-state index contributed by atoms with van der Waals surface area (Å²) in [5, 5.41) is 12.1. The number of aromatic nitrogens is 4. The smallest absolute Gasteiger partial charge is 0.214 e. The van der Waals surface area contributed by atoms with Gasteiger partial charge in [0.25, 0.3) is 0 Å². The van der Waals surface area contributed by atoms with Crippen molar-refractivity contribution in [2.45, 2.75) is 12.1 Å². The lowest BCUT2D eigenvalue weighted by Gasteiger charge is -2.10. The molecular weight excluding hydrogens is 343 g/mol. The van der Waals surface area contributed by atoms with E-state index in [4.69, 9.17) is 4.74 Å². The average molecular weight is 358 g/mol. The SMILES string of the molecule is CCOc1ccccc1-n1nnnc1SCC(=O)c1ccc(F)cc1. The van der Waals surface area contributed by atoms with Gasteiger partial charge in [-0.25, -0.2) is 4.39 Å². The molecule has 0 aliphatic heterocycles. The third-order valence-electron chi connectivity index (χ3n) is 3.33. The minimum Gasteiger partial charge on any atom is -0.492 e. The maximum absolute atomic E-state index is 12.9. The molecule has 2 aromatic carbocycles. The second-order valence-corrected chi connectivity index (χ2v) is 5.94. The molecule has 0 saturated heterocycles. The summed E-state index contributed by atoms with van der Waals surface area (Å²) in [6.45, 7) is 2.41. The van der Waals surface area contributed by atoms with Crippen LogP contribution in [-0.4, -0.2) is 38.4 Å². The topological polar surface area (TPSA) is 69.9 Å². The molecular formula is C17H15FN4O2S. The molecule has 1 aromatic heterocycles. The Kier molecular flexibility index (Phi) is 5.39. The van der Waals surface area contributed by atoms with E-state index in [0.29, 0.717) is 28.8 Å². The first-order valence-corrected chi connectivity index (χ1v) is 8.59. The largest absolute Gasteiger partial charge is 0.492 e. The fraction of sp³-hybridized carbons (Fsp3) is 0.176. The van der Waals surface area contributed by atoms with Crippen LogP contribution in [0.1, 0.15) is 17.3 Å². The summed E-state index contributed by atoms with van der Waals surface area (Å²) in [6, 6.07) is 12.9. The Morgan fingerprint density at radius 1 is 1.20 bits per heavy atom. The summed E-state index contributed by atoms with van der Waals surface area (Å²) < 4.78 is 20.1. The van der Waals surface area contributed by atoms with Crippen molar-refractivity contribution in [3.05, 3.63) is 59.9 Å². The Balaban J connectivity index is 1.76. The van der Waals surface area contributed by atoms with Crippen molar-refractivity contribution < 1.29 is 13.9 Å². The molecule has 6 nitrogen and oxygen atoms in total. The van der Waals surface area contributed by atoms with E-state index in [9.17, 15) is 9.18 Å². The van der Waals surface area contributed by atoms with Crippen molar-refractivity contribution in [3.63, 3.8) is 0 Å². The minimum absolute atomic E-state index is 0.127. The van der Waals surface area contributed by atoms with E-state index in [1.54, 1.807) is 0 Å². The van der Waals surface area contributed by atoms with Crippen molar-refractivity contribution in [2.24, 2.45) is 0 Å². The van der Waals surface area contributed by atoms with Crippen LogP contribution in [0.3, 0.4) is 0 Å². The lowest BCUT2D eigenvalue weighted by Crippen LogP contribution is -2.06. The van der Waals surface area contributed by atoms with Gasteiger partial charge >= 0.3 is 0 Å². The van der Waals surface area contributed by atoms with Crippen molar-refractivity contribution in [1.82, 2.24) is 20.2 Å². The number of benzene rings is 2. The molecule has 0 amide bonds. The zero-order valence-electron chi connectivity index (χ0n) is 13.4. The van der Waals surface area contributed by atoms with Gasteiger partial charge in [-0.1, -0.05) is 23.9 Å². The number of rotatable bonds is 7. The van der Waals surface area contributed by atoms with E-state index in [0.717, 1.165) is 0 Å². The third-order valence-corrected chi connectivity index (χ3v) is 4.25. The Morgan fingerprint density at radius 3 is 2.72 bits per heavy atom. The predicted molar refractivity (Wildman–Crippen MR) is 91.8 cm³/mol. The molecule has 0 fully saturated rings. The van der Waals surface area contributed by atoms with Gasteiger partial charge in [-0.3, -0.25) is 4.79 Å². The number of ether oxygens (including phenoxy) is 1. The molecule has 25 heavy (non-hydrogen) atoms. The van der Waals surface area contributed by atoms with Gasteiger partial charge < -0.3 is 4.74 Å². The summed E-state index contributed by atoms with van der Waals surface area (Å²) in [5.74, 6) is 0.297. The standard InChI is InChI=1S/C17H15FN4O2S/c1-2-24-16-6-4-3-5-14(16)22-17(19-20-21-22)25-11-15(23)12-7-9-13(18)10-8-12/h3-10H,2,11H2,1H3. The lowest BCUT2D eigenvalue weighted by atomic mass is 10.1. The summed E-state index contributed by atoms with van der Waals surface area (Å²) in [6.07, 6.45) is 0. The zero-order valence-corrected chi connectivity index (χ0v) is 14.2. The quantitative estimate of drug-likeness (QED) is 0.477. The molecule has 3 aromatic rings. The molecule has 0 atom stereocenters. The number of thioether (sulfide) groups is 1. The molecule has 0 N–H and O–H groups in total. The van der Waals surface area contributed by atoms with E-state index < -0.39 is 0 Å². The van der Waals surface area contributed by atoms with E-state index in [1.807, 2.05) is 31.2 Å². The number of para-hydroxylation sites is 2. The Labute approximate surface area is 148 Å². The van der Waals surface area contributed by atoms with Crippen LogP contribution in [0, 0.1) is 5.82 Å². The van der Waals surface area contributed by atoms with E-state index in [-0.39, 0.29) is 17.4 Å². The summed E-state index contributed by atoms with van der Waals surface area (Å²) in [5.41, 5.74) is 1.15. The third kappa shape index (κ3) is 4.03. The highest BCUT2D eigenvalue weighted by molar-refractivity contribution is 7.99. The lowest BCUT2D eigenvalue weighted by molar-refractivity contribution is 0.102. The molecule has 0 unspecified atom stereocenters. The van der Waals surface area contributed by atoms with E-state index in [1.165, 1.54) is 40.7 Å². The van der Waals surface area contributed by atoms with Gasteiger partial charge in [-0.05, 0) is 53.7 Å². The second kappa shape index (κ2) is 7.89. The van der Waals surface area contributed by atoms with Gasteiger partial charge in [0, 0.05) is 5.56 Å². The van der Waals surface area contributed by atoms with Crippen LogP contribution in [0.15, 0.2) is 53.7 Å². The number of halogens is 1. The fourth-order valence-electron chi connectivity index (χ4n) is 2.18. The second-order valence-electron chi connectivity index (χ2n) is 4.99. The number of Topliss-reactive ketones (excluding diaryl/α,β-unsaturated/α-hetero) is 1. The number of tetrazole rings is 1. The van der Waals surface area contributed by atoms with Crippen molar-refractivity contribution in [2.75, 3.05) is 12.4 Å². The molecule has 8 heteroatoms. The molecule has 0 aliphatic rings. The van der Waals surface area contributed by atoms with E-state index in [2.05, 4.69) is 15.5 Å². The van der Waals surface area contributed by atoms with Crippen LogP contribution in [0.25, 0.3) is 5.69 Å². The Bertz CT molecular complexity index is 867. The van der Waals surface area contributed by atoms with Crippen LogP contribution < -0.4 is 4.74 Å². The van der Waals surface area contributed by atoms with Crippen LogP contribution in [0.2, 0.25) is 0 Å². The molecule has 0 radical (unpaired) electrons. The van der Waals surface area contributed by atoms with Gasteiger partial charge in [-0.15, -0.1) is 5.10 Å². The first-order chi connectivity index (χ1) is 12.2. The number of nitrogens with zero attached hydrogens (tertiary/aromatic N) is 4. The highest BCUT2D eigenvalue weighted by atomic mass is 32.2. The first kappa shape index (κ1) is 17.1. The highest BCUT2D eigenvalue weighted by Gasteiger charge is 2.15. The fourth-order valence-corrected chi connectivity index (χ4v) is 2.96. The van der Waals surface area contributed by atoms with Crippen LogP contribution in [0.4, 0.5) is 4.39 Å². The number of carbonyl (C=O) groups excluding carboxylic acids is 1. The summed E-state index contributed by atoms with van der Waals surface area (Å²) in [7, 11) is 0. The number of hydrogen-bond acceptors (Lipinski definition) is 6. The molecule has 3 rings (SSSR count). The molecule has 0 bridgehead atoms.